The number of H-pyrrole nitrogens is 1. The molecule has 1 aliphatic rings. The normalized spacial score (nSPS) is 13.5. The van der Waals surface area contributed by atoms with Crippen LogP contribution in [-0.4, -0.2) is 47.6 Å². The molecule has 31 heavy (non-hydrogen) atoms. The fraction of sp³-hybridized carbons (Fsp3) is 0.292. The summed E-state index contributed by atoms with van der Waals surface area (Å²) in [5, 5.41) is 10.1. The molecule has 3 aromatic rings. The Kier molecular flexibility index (Phi) is 6.18. The van der Waals surface area contributed by atoms with Crippen LogP contribution in [0.2, 0.25) is 0 Å². The Balaban J connectivity index is 1.27. The van der Waals surface area contributed by atoms with Gasteiger partial charge >= 0.3 is 0 Å². The summed E-state index contributed by atoms with van der Waals surface area (Å²) in [5.41, 5.74) is 3.82. The number of fused-ring (bicyclic) bond motifs is 1. The molecule has 0 radical (unpaired) electrons. The third-order valence-electron chi connectivity index (χ3n) is 5.44. The number of methoxy groups -OCH3 is 1. The fourth-order valence-corrected chi connectivity index (χ4v) is 3.78. The maximum atomic E-state index is 12.6. The second kappa shape index (κ2) is 9.35. The molecule has 0 bridgehead atoms. The Labute approximate surface area is 180 Å². The summed E-state index contributed by atoms with van der Waals surface area (Å²) >= 11 is 0. The Morgan fingerprint density at radius 3 is 3.00 bits per heavy atom. The molecule has 1 amide bonds. The number of carbonyl (C=O) groups is 1. The molecule has 1 aromatic carbocycles. The topological polar surface area (TPSA) is 91.2 Å². The van der Waals surface area contributed by atoms with Crippen molar-refractivity contribution in [2.75, 3.05) is 26.8 Å². The Morgan fingerprint density at radius 2 is 2.23 bits per heavy atom. The molecule has 7 nitrogen and oxygen atoms in total. The predicted octanol–water partition coefficient (Wildman–Crippen LogP) is 3.92. The van der Waals surface area contributed by atoms with E-state index in [1.54, 1.807) is 24.4 Å². The number of aromatic amines is 1. The maximum absolute atomic E-state index is 12.6. The van der Waals surface area contributed by atoms with Gasteiger partial charge in [-0.15, -0.1) is 0 Å². The first-order chi connectivity index (χ1) is 15.2. The van der Waals surface area contributed by atoms with Gasteiger partial charge in [-0.1, -0.05) is 6.08 Å². The van der Waals surface area contributed by atoms with Gasteiger partial charge in [0.05, 0.1) is 25.3 Å². The fourth-order valence-electron chi connectivity index (χ4n) is 3.78. The average Bonchev–Trinajstić information content (AvgIpc) is 3.26. The summed E-state index contributed by atoms with van der Waals surface area (Å²) in [6.07, 6.45) is 7.78. The van der Waals surface area contributed by atoms with Gasteiger partial charge in [0, 0.05) is 48.9 Å². The van der Waals surface area contributed by atoms with Crippen LogP contribution in [0.3, 0.4) is 0 Å². The summed E-state index contributed by atoms with van der Waals surface area (Å²) in [5.74, 6) is 1.23. The highest BCUT2D eigenvalue weighted by Gasteiger charge is 2.19. The SMILES string of the molecule is COc1cc(C#N)ccc1OCCCC(=O)N1CC=C(c2c[nH]c3ncccc23)CC1. The smallest absolute Gasteiger partial charge is 0.222 e. The van der Waals surface area contributed by atoms with Crippen molar-refractivity contribution in [3.8, 4) is 17.6 Å². The number of nitrogens with one attached hydrogen (secondary N) is 1. The van der Waals surface area contributed by atoms with Crippen molar-refractivity contribution in [1.82, 2.24) is 14.9 Å². The van der Waals surface area contributed by atoms with Gasteiger partial charge in [-0.05, 0) is 42.7 Å². The van der Waals surface area contributed by atoms with Crippen molar-refractivity contribution in [3.05, 3.63) is 59.9 Å². The highest BCUT2D eigenvalue weighted by molar-refractivity contribution is 5.91. The van der Waals surface area contributed by atoms with Crippen LogP contribution in [-0.2, 0) is 4.79 Å². The number of pyridine rings is 1. The van der Waals surface area contributed by atoms with Gasteiger partial charge in [0.1, 0.15) is 5.65 Å². The molecule has 1 aliphatic heterocycles. The lowest BCUT2D eigenvalue weighted by molar-refractivity contribution is -0.131. The van der Waals surface area contributed by atoms with Gasteiger partial charge in [-0.25, -0.2) is 4.98 Å². The molecule has 2 aromatic heterocycles. The van der Waals surface area contributed by atoms with Gasteiger partial charge in [0.15, 0.2) is 11.5 Å². The zero-order valence-corrected chi connectivity index (χ0v) is 17.4. The summed E-state index contributed by atoms with van der Waals surface area (Å²) in [4.78, 5) is 22.0. The lowest BCUT2D eigenvalue weighted by Crippen LogP contribution is -2.34. The molecule has 0 atom stereocenters. The monoisotopic (exact) mass is 416 g/mol. The minimum atomic E-state index is 0.131. The van der Waals surface area contributed by atoms with E-state index in [9.17, 15) is 4.79 Å². The number of ether oxygens (including phenoxy) is 2. The van der Waals surface area contributed by atoms with Crippen molar-refractivity contribution in [1.29, 1.82) is 5.26 Å². The Hall–Kier alpha value is -3.79. The van der Waals surface area contributed by atoms with E-state index in [1.165, 1.54) is 18.2 Å². The number of hydrogen-bond acceptors (Lipinski definition) is 5. The van der Waals surface area contributed by atoms with Gasteiger partial charge in [-0.2, -0.15) is 5.26 Å². The number of amides is 1. The van der Waals surface area contributed by atoms with Gasteiger partial charge in [0.2, 0.25) is 5.91 Å². The molecule has 4 rings (SSSR count). The first-order valence-electron chi connectivity index (χ1n) is 10.3. The molecule has 158 valence electrons. The maximum Gasteiger partial charge on any atom is 0.222 e. The summed E-state index contributed by atoms with van der Waals surface area (Å²) < 4.78 is 11.0. The second-order valence-electron chi connectivity index (χ2n) is 7.35. The van der Waals surface area contributed by atoms with E-state index in [-0.39, 0.29) is 5.91 Å². The van der Waals surface area contributed by atoms with E-state index in [0.717, 1.165) is 17.5 Å². The largest absolute Gasteiger partial charge is 0.493 e. The number of nitriles is 1. The average molecular weight is 416 g/mol. The van der Waals surface area contributed by atoms with E-state index in [1.807, 2.05) is 17.2 Å². The first-order valence-corrected chi connectivity index (χ1v) is 10.3. The molecule has 3 heterocycles. The Morgan fingerprint density at radius 1 is 1.32 bits per heavy atom. The van der Waals surface area contributed by atoms with Crippen LogP contribution in [0.15, 0.2) is 48.8 Å². The van der Waals surface area contributed by atoms with Crippen molar-refractivity contribution in [2.24, 2.45) is 0 Å². The lowest BCUT2D eigenvalue weighted by atomic mass is 9.99. The molecule has 7 heteroatoms. The van der Waals surface area contributed by atoms with Crippen molar-refractivity contribution in [3.63, 3.8) is 0 Å². The second-order valence-corrected chi connectivity index (χ2v) is 7.35. The molecule has 0 saturated carbocycles. The minimum absolute atomic E-state index is 0.131. The highest BCUT2D eigenvalue weighted by atomic mass is 16.5. The molecule has 0 fully saturated rings. The van der Waals surface area contributed by atoms with Gasteiger partial charge < -0.3 is 19.4 Å². The number of hydrogen-bond donors (Lipinski definition) is 1. The van der Waals surface area contributed by atoms with E-state index in [0.29, 0.717) is 49.6 Å². The van der Waals surface area contributed by atoms with Crippen LogP contribution in [0.4, 0.5) is 0 Å². The number of benzene rings is 1. The number of aromatic nitrogens is 2. The van der Waals surface area contributed by atoms with Crippen LogP contribution < -0.4 is 9.47 Å². The number of carbonyl (C=O) groups excluding carboxylic acids is 1. The number of rotatable bonds is 7. The van der Waals surface area contributed by atoms with Crippen LogP contribution in [0.25, 0.3) is 16.6 Å². The van der Waals surface area contributed by atoms with E-state index >= 15 is 0 Å². The van der Waals surface area contributed by atoms with Crippen molar-refractivity contribution >= 4 is 22.5 Å². The molecule has 0 spiro atoms. The third-order valence-corrected chi connectivity index (χ3v) is 5.44. The van der Waals surface area contributed by atoms with Crippen LogP contribution in [0.5, 0.6) is 11.5 Å². The molecule has 1 N–H and O–H groups in total. The lowest BCUT2D eigenvalue weighted by Gasteiger charge is -2.26. The first kappa shape index (κ1) is 20.5. The van der Waals surface area contributed by atoms with E-state index in [4.69, 9.17) is 14.7 Å². The van der Waals surface area contributed by atoms with Gasteiger partial charge in [0.25, 0.3) is 0 Å². The zero-order valence-electron chi connectivity index (χ0n) is 17.4. The molecular formula is C24H24N4O3. The summed E-state index contributed by atoms with van der Waals surface area (Å²) in [6, 6.07) is 11.1. The van der Waals surface area contributed by atoms with Crippen molar-refractivity contribution < 1.29 is 14.3 Å². The molecule has 0 aliphatic carbocycles. The van der Waals surface area contributed by atoms with Crippen molar-refractivity contribution in [2.45, 2.75) is 19.3 Å². The van der Waals surface area contributed by atoms with Crippen LogP contribution >= 0.6 is 0 Å². The zero-order chi connectivity index (χ0) is 21.6. The standard InChI is InChI=1S/C24H24N4O3/c1-30-22-14-17(15-25)6-7-21(22)31-13-3-5-23(29)28-11-8-18(9-12-28)20-16-27-24-19(20)4-2-10-26-24/h2,4,6-8,10,14,16H,3,5,9,11-13H2,1H3,(H,26,27). The summed E-state index contributed by atoms with van der Waals surface area (Å²) in [7, 11) is 1.54. The minimum Gasteiger partial charge on any atom is -0.493 e. The predicted molar refractivity (Wildman–Crippen MR) is 118 cm³/mol. The molecular weight excluding hydrogens is 392 g/mol. The third kappa shape index (κ3) is 4.53. The van der Waals surface area contributed by atoms with Crippen LogP contribution in [0, 0.1) is 11.3 Å². The molecule has 0 saturated heterocycles. The van der Waals surface area contributed by atoms with Crippen LogP contribution in [0.1, 0.15) is 30.4 Å². The van der Waals surface area contributed by atoms with Gasteiger partial charge in [-0.3, -0.25) is 4.79 Å². The van der Waals surface area contributed by atoms with E-state index in [2.05, 4.69) is 28.2 Å². The molecule has 0 unspecified atom stereocenters. The van der Waals surface area contributed by atoms with E-state index < -0.39 is 0 Å². The number of nitrogens with zero attached hydrogens (tertiary/aromatic N) is 3. The Bertz CT molecular complexity index is 1160. The quantitative estimate of drug-likeness (QED) is 0.590. The highest BCUT2D eigenvalue weighted by Crippen LogP contribution is 2.29. The summed E-state index contributed by atoms with van der Waals surface area (Å²) in [6.45, 7) is 1.73.